The average Bonchev–Trinajstić information content (AvgIpc) is 2.52. The van der Waals surface area contributed by atoms with Gasteiger partial charge in [0.15, 0.2) is 0 Å². The van der Waals surface area contributed by atoms with Crippen molar-refractivity contribution in [3.8, 4) is 0 Å². The minimum atomic E-state index is -3.62. The Hall–Kier alpha value is 0.0300. The summed E-state index contributed by atoms with van der Waals surface area (Å²) >= 11 is 0. The zero-order valence-corrected chi connectivity index (χ0v) is 13.7. The molecule has 0 amide bonds. The van der Waals surface area contributed by atoms with Crippen molar-refractivity contribution in [2.75, 3.05) is 6.16 Å². The summed E-state index contributed by atoms with van der Waals surface area (Å²) in [5, 5.41) is 10.0. The maximum absolute atomic E-state index is 11.8. The summed E-state index contributed by atoms with van der Waals surface area (Å²) in [6, 6.07) is 0. The largest absolute Gasteiger partial charge is 0.388 e. The molecule has 0 aliphatic carbocycles. The molecular formula is C13H27O6P. The third kappa shape index (κ3) is 5.43. The zero-order valence-electron chi connectivity index (χ0n) is 12.9. The van der Waals surface area contributed by atoms with Gasteiger partial charge in [0.25, 0.3) is 0 Å². The van der Waals surface area contributed by atoms with E-state index in [0.717, 1.165) is 0 Å². The molecule has 0 aromatic carbocycles. The Labute approximate surface area is 121 Å². The number of aliphatic hydroxyl groups is 1. The molecule has 7 heteroatoms. The second kappa shape index (κ2) is 7.34. The second-order valence-electron chi connectivity index (χ2n) is 5.82. The molecule has 120 valence electrons. The average molecular weight is 310 g/mol. The lowest BCUT2D eigenvalue weighted by atomic mass is 10.1. The maximum atomic E-state index is 11.8. The van der Waals surface area contributed by atoms with E-state index >= 15 is 0 Å². The molecule has 20 heavy (non-hydrogen) atoms. The SMILES string of the molecule is CC(C)OC1[C@@H](CCP(=O)(O)OC(C)C)O[C@@H](C)[C@H]1O. The van der Waals surface area contributed by atoms with Gasteiger partial charge in [-0.15, -0.1) is 0 Å². The summed E-state index contributed by atoms with van der Waals surface area (Å²) in [7, 11) is -3.62. The van der Waals surface area contributed by atoms with Crippen LogP contribution in [0, 0.1) is 0 Å². The summed E-state index contributed by atoms with van der Waals surface area (Å²) in [6.07, 6.45) is -1.95. The molecule has 0 aromatic rings. The fourth-order valence-electron chi connectivity index (χ4n) is 2.31. The van der Waals surface area contributed by atoms with E-state index in [9.17, 15) is 14.6 Å². The Morgan fingerprint density at radius 3 is 2.35 bits per heavy atom. The summed E-state index contributed by atoms with van der Waals surface area (Å²) in [5.74, 6) is 0. The van der Waals surface area contributed by atoms with Crippen molar-refractivity contribution in [3.05, 3.63) is 0 Å². The van der Waals surface area contributed by atoms with Crippen LogP contribution in [0.15, 0.2) is 0 Å². The highest BCUT2D eigenvalue weighted by atomic mass is 31.2. The van der Waals surface area contributed by atoms with E-state index in [1.165, 1.54) is 0 Å². The lowest BCUT2D eigenvalue weighted by molar-refractivity contribution is -0.0663. The van der Waals surface area contributed by atoms with Crippen LogP contribution in [0.4, 0.5) is 0 Å². The van der Waals surface area contributed by atoms with Gasteiger partial charge in [-0.05, 0) is 41.0 Å². The van der Waals surface area contributed by atoms with Crippen molar-refractivity contribution >= 4 is 7.60 Å². The Bertz CT molecular complexity index is 346. The van der Waals surface area contributed by atoms with Crippen LogP contribution >= 0.6 is 7.60 Å². The van der Waals surface area contributed by atoms with E-state index < -0.39 is 25.9 Å². The van der Waals surface area contributed by atoms with E-state index in [2.05, 4.69) is 0 Å². The van der Waals surface area contributed by atoms with Crippen LogP contribution in [0.1, 0.15) is 41.0 Å². The van der Waals surface area contributed by atoms with Gasteiger partial charge in [-0.25, -0.2) is 0 Å². The van der Waals surface area contributed by atoms with Crippen molar-refractivity contribution in [3.63, 3.8) is 0 Å². The van der Waals surface area contributed by atoms with Gasteiger partial charge < -0.3 is 24.0 Å². The molecule has 2 unspecified atom stereocenters. The van der Waals surface area contributed by atoms with Crippen molar-refractivity contribution in [2.45, 2.75) is 77.7 Å². The standard InChI is InChI=1S/C13H27O6P/c1-8(2)17-13-11(18-10(5)12(13)14)6-7-20(15,16)19-9(3)4/h8-14H,6-7H2,1-5H3,(H,15,16)/t10-,11+,12+,13?/m0/s1. The monoisotopic (exact) mass is 310 g/mol. The summed E-state index contributed by atoms with van der Waals surface area (Å²) < 4.78 is 28.2. The number of aliphatic hydroxyl groups excluding tert-OH is 1. The number of hydrogen-bond donors (Lipinski definition) is 2. The van der Waals surface area contributed by atoms with Crippen LogP contribution in [0.5, 0.6) is 0 Å². The topological polar surface area (TPSA) is 85.2 Å². The number of rotatable bonds is 7. The number of ether oxygens (including phenoxy) is 2. The van der Waals surface area contributed by atoms with E-state index in [4.69, 9.17) is 14.0 Å². The van der Waals surface area contributed by atoms with Crippen molar-refractivity contribution < 1.29 is 28.6 Å². The summed E-state index contributed by atoms with van der Waals surface area (Å²) in [5.41, 5.74) is 0. The fraction of sp³-hybridized carbons (Fsp3) is 1.00. The molecule has 0 aromatic heterocycles. The highest BCUT2D eigenvalue weighted by Gasteiger charge is 2.43. The molecule has 0 saturated carbocycles. The number of hydrogen-bond acceptors (Lipinski definition) is 5. The molecule has 0 bridgehead atoms. The molecule has 1 saturated heterocycles. The minimum absolute atomic E-state index is 0.00670. The maximum Gasteiger partial charge on any atom is 0.328 e. The van der Waals surface area contributed by atoms with E-state index in [1.54, 1.807) is 20.8 Å². The van der Waals surface area contributed by atoms with Gasteiger partial charge >= 0.3 is 7.60 Å². The Morgan fingerprint density at radius 2 is 1.85 bits per heavy atom. The Balaban J connectivity index is 2.59. The first-order chi connectivity index (χ1) is 9.12. The molecule has 1 rings (SSSR count). The van der Waals surface area contributed by atoms with Crippen LogP contribution in [0.25, 0.3) is 0 Å². The normalized spacial score (nSPS) is 33.9. The first-order valence-electron chi connectivity index (χ1n) is 7.11. The van der Waals surface area contributed by atoms with Crippen LogP contribution in [0.3, 0.4) is 0 Å². The fourth-order valence-corrected chi connectivity index (χ4v) is 3.65. The predicted molar refractivity (Wildman–Crippen MR) is 75.9 cm³/mol. The predicted octanol–water partition coefficient (Wildman–Crippen LogP) is 1.93. The molecule has 6 nitrogen and oxygen atoms in total. The van der Waals surface area contributed by atoms with Gasteiger partial charge in [0, 0.05) is 0 Å². The van der Waals surface area contributed by atoms with Crippen molar-refractivity contribution in [1.82, 2.24) is 0 Å². The highest BCUT2D eigenvalue weighted by molar-refractivity contribution is 7.52. The van der Waals surface area contributed by atoms with E-state index in [-0.39, 0.29) is 24.5 Å². The van der Waals surface area contributed by atoms with Crippen molar-refractivity contribution in [2.24, 2.45) is 0 Å². The van der Waals surface area contributed by atoms with Crippen molar-refractivity contribution in [1.29, 1.82) is 0 Å². The van der Waals surface area contributed by atoms with Crippen LogP contribution < -0.4 is 0 Å². The molecular weight excluding hydrogens is 283 g/mol. The van der Waals surface area contributed by atoms with Gasteiger partial charge in [0.1, 0.15) is 12.2 Å². The van der Waals surface area contributed by atoms with Crippen LogP contribution in [-0.2, 0) is 18.6 Å². The molecule has 0 radical (unpaired) electrons. The first kappa shape index (κ1) is 18.1. The molecule has 1 heterocycles. The molecule has 1 aliphatic rings. The Morgan fingerprint density at radius 1 is 1.25 bits per heavy atom. The smallest absolute Gasteiger partial charge is 0.328 e. The lowest BCUT2D eigenvalue weighted by Gasteiger charge is -2.24. The molecule has 2 N–H and O–H groups in total. The van der Waals surface area contributed by atoms with Gasteiger partial charge in [0.2, 0.25) is 0 Å². The molecule has 1 aliphatic heterocycles. The van der Waals surface area contributed by atoms with E-state index in [0.29, 0.717) is 6.42 Å². The first-order valence-corrected chi connectivity index (χ1v) is 8.88. The molecule has 5 atom stereocenters. The van der Waals surface area contributed by atoms with Gasteiger partial charge in [0.05, 0.1) is 30.6 Å². The zero-order chi connectivity index (χ0) is 15.5. The van der Waals surface area contributed by atoms with Gasteiger partial charge in [-0.1, -0.05) is 0 Å². The third-order valence-corrected chi connectivity index (χ3v) is 4.65. The highest BCUT2D eigenvalue weighted by Crippen LogP contribution is 2.45. The van der Waals surface area contributed by atoms with E-state index in [1.807, 2.05) is 13.8 Å². The third-order valence-electron chi connectivity index (χ3n) is 3.07. The summed E-state index contributed by atoms with van der Waals surface area (Å²) in [6.45, 7) is 8.96. The second-order valence-corrected chi connectivity index (χ2v) is 7.76. The van der Waals surface area contributed by atoms with Gasteiger partial charge in [-0.3, -0.25) is 4.57 Å². The lowest BCUT2D eigenvalue weighted by Crippen LogP contribution is -2.37. The quantitative estimate of drug-likeness (QED) is 0.699. The minimum Gasteiger partial charge on any atom is -0.388 e. The Kier molecular flexibility index (Phi) is 6.64. The molecule has 0 spiro atoms. The molecule has 1 fully saturated rings. The van der Waals surface area contributed by atoms with Crippen LogP contribution in [-0.4, -0.2) is 52.8 Å². The summed E-state index contributed by atoms with van der Waals surface area (Å²) in [4.78, 5) is 9.72. The van der Waals surface area contributed by atoms with Crippen LogP contribution in [0.2, 0.25) is 0 Å². The van der Waals surface area contributed by atoms with Gasteiger partial charge in [-0.2, -0.15) is 0 Å².